The molecular weight excluding hydrogens is 249 g/mol. The predicted molar refractivity (Wildman–Crippen MR) is 15.9 cm³/mol. The van der Waals surface area contributed by atoms with Crippen molar-refractivity contribution >= 4 is 0 Å². The molecule has 3 heteroatoms. The summed E-state index contributed by atoms with van der Waals surface area (Å²) in [6.45, 7) is 1.70. The molecule has 0 aliphatic heterocycles. The van der Waals surface area contributed by atoms with Crippen LogP contribution in [-0.4, -0.2) is 9.60 Å². The molecule has 0 radical (unpaired) electrons. The Morgan fingerprint density at radius 1 is 2.00 bits per heavy atom. The molecule has 0 saturated heterocycles. The standard InChI is InChI=1S/C2H5O.H2N.Pt/c1-2-3;;/h2-3H,1H3;1H2;/q;-1;+1. The second-order valence-corrected chi connectivity index (χ2v) is 3.28. The molecule has 0 bridgehead atoms. The van der Waals surface area contributed by atoms with Gasteiger partial charge in [-0.25, -0.2) is 0 Å². The van der Waals surface area contributed by atoms with E-state index in [2.05, 4.69) is 0 Å². The van der Waals surface area contributed by atoms with Crippen molar-refractivity contribution in [2.24, 2.45) is 4.29 Å². The zero-order valence-electron chi connectivity index (χ0n) is 2.92. The van der Waals surface area contributed by atoms with Crippen molar-refractivity contribution in [1.82, 2.24) is 0 Å². The van der Waals surface area contributed by atoms with Crippen LogP contribution in [0.25, 0.3) is 0 Å². The van der Waals surface area contributed by atoms with E-state index in [4.69, 9.17) is 9.40 Å². The molecule has 0 fully saturated rings. The third-order valence-electron chi connectivity index (χ3n) is 0.153. The van der Waals surface area contributed by atoms with Crippen LogP contribution in [0.3, 0.4) is 0 Å². The maximum absolute atomic E-state index is 8.29. The number of aliphatic hydroxyl groups is 1. The summed E-state index contributed by atoms with van der Waals surface area (Å²) in [5, 5.41) is 8.29. The molecule has 0 aromatic rings. The Labute approximate surface area is 40.2 Å². The van der Waals surface area contributed by atoms with Gasteiger partial charge in [0, 0.05) is 0 Å². The van der Waals surface area contributed by atoms with E-state index >= 15 is 0 Å². The van der Waals surface area contributed by atoms with Gasteiger partial charge in [0.25, 0.3) is 0 Å². The summed E-state index contributed by atoms with van der Waals surface area (Å²) >= 11 is -0.404. The average Bonchev–Trinajstić information content (AvgIpc) is 1.38. The first-order chi connectivity index (χ1) is 2.27. The molecule has 36 valence electrons. The van der Waals surface area contributed by atoms with Gasteiger partial charge in [-0.2, -0.15) is 0 Å². The van der Waals surface area contributed by atoms with Crippen molar-refractivity contribution < 1.29 is 23.9 Å². The molecule has 0 aliphatic rings. The van der Waals surface area contributed by atoms with Crippen LogP contribution in [0.2, 0.25) is 0 Å². The van der Waals surface area contributed by atoms with Crippen molar-refractivity contribution in [3.05, 3.63) is 0 Å². The quantitative estimate of drug-likeness (QED) is 0.650. The molecule has 2 nitrogen and oxygen atoms in total. The van der Waals surface area contributed by atoms with E-state index < -0.39 is 18.8 Å². The van der Waals surface area contributed by atoms with Gasteiger partial charge in [0.1, 0.15) is 0 Å². The molecule has 0 aromatic heterocycles. The Balaban J connectivity index is 2.54. The summed E-state index contributed by atoms with van der Waals surface area (Å²) in [7, 11) is 0. The number of hydrogen-bond donors (Lipinski definition) is 2. The van der Waals surface area contributed by atoms with Gasteiger partial charge in [-0.3, -0.25) is 0 Å². The van der Waals surface area contributed by atoms with Crippen LogP contribution in [0.5, 0.6) is 0 Å². The van der Waals surface area contributed by atoms with Gasteiger partial charge < -0.3 is 0 Å². The van der Waals surface area contributed by atoms with Crippen LogP contribution < -0.4 is 4.29 Å². The molecule has 0 heterocycles. The van der Waals surface area contributed by atoms with Crippen molar-refractivity contribution in [3.8, 4) is 0 Å². The van der Waals surface area contributed by atoms with E-state index in [-0.39, 0.29) is 4.49 Å². The average molecular weight is 256 g/mol. The Bertz CT molecular complexity index is 23.6. The number of rotatable bonds is 1. The molecule has 0 amide bonds. The van der Waals surface area contributed by atoms with E-state index in [9.17, 15) is 0 Å². The van der Waals surface area contributed by atoms with Gasteiger partial charge in [0.15, 0.2) is 0 Å². The Hall–Kier alpha value is 0.608. The van der Waals surface area contributed by atoms with Crippen LogP contribution in [0.1, 0.15) is 6.92 Å². The summed E-state index contributed by atoms with van der Waals surface area (Å²) in [5.41, 5.74) is 0. The number of aliphatic hydroxyl groups excluding tert-OH is 1. The molecule has 0 aromatic carbocycles. The second kappa shape index (κ2) is 2.83. The first-order valence-corrected chi connectivity index (χ1v) is 3.82. The second-order valence-electron chi connectivity index (χ2n) is 0.628. The third-order valence-corrected chi connectivity index (χ3v) is 1.25. The van der Waals surface area contributed by atoms with Gasteiger partial charge in [-0.15, -0.1) is 0 Å². The van der Waals surface area contributed by atoms with E-state index in [1.54, 1.807) is 6.92 Å². The van der Waals surface area contributed by atoms with Crippen LogP contribution in [-0.2, 0) is 18.8 Å². The Kier molecular flexibility index (Phi) is 3.17. The summed E-state index contributed by atoms with van der Waals surface area (Å²) < 4.78 is 4.81. The molecule has 3 N–H and O–H groups in total. The maximum atomic E-state index is 8.29. The summed E-state index contributed by atoms with van der Waals surface area (Å²) in [6, 6.07) is 0. The van der Waals surface area contributed by atoms with E-state index in [1.165, 1.54) is 0 Å². The monoisotopic (exact) mass is 256 g/mol. The molecule has 0 rings (SSSR count). The van der Waals surface area contributed by atoms with E-state index in [0.29, 0.717) is 0 Å². The Morgan fingerprint density at radius 2 is 2.20 bits per heavy atom. The Morgan fingerprint density at radius 3 is 2.20 bits per heavy atom. The third kappa shape index (κ3) is 4.61. The minimum atomic E-state index is -0.404. The fraction of sp³-hybridized carbons (Fsp3) is 1.00. The van der Waals surface area contributed by atoms with Crippen molar-refractivity contribution in [1.29, 1.82) is 0 Å². The molecule has 0 aliphatic carbocycles. The van der Waals surface area contributed by atoms with Crippen LogP contribution in [0.15, 0.2) is 0 Å². The van der Waals surface area contributed by atoms with Crippen molar-refractivity contribution in [3.63, 3.8) is 0 Å². The topological polar surface area (TPSA) is 46.2 Å². The van der Waals surface area contributed by atoms with Crippen LogP contribution >= 0.6 is 0 Å². The summed E-state index contributed by atoms with van der Waals surface area (Å²) in [5.74, 6) is 0. The first-order valence-electron chi connectivity index (χ1n) is 1.20. The zero-order chi connectivity index (χ0) is 4.28. The van der Waals surface area contributed by atoms with Crippen molar-refractivity contribution in [2.75, 3.05) is 0 Å². The normalized spacial score (nSPS) is 15.8. The fourth-order valence-electron chi connectivity index (χ4n) is 0. The minimum absolute atomic E-state index is 0.227. The molecule has 5 heavy (non-hydrogen) atoms. The summed E-state index contributed by atoms with van der Waals surface area (Å²) in [4.78, 5) is 0. The van der Waals surface area contributed by atoms with Gasteiger partial charge in [0.2, 0.25) is 0 Å². The molecule has 0 spiro atoms. The SMILES string of the molecule is C[CH](O)[Pt][NH2]. The van der Waals surface area contributed by atoms with Gasteiger partial charge >= 0.3 is 39.6 Å². The zero-order valence-corrected chi connectivity index (χ0v) is 5.19. The van der Waals surface area contributed by atoms with Crippen LogP contribution in [0.4, 0.5) is 0 Å². The molecule has 0 saturated carbocycles. The van der Waals surface area contributed by atoms with Gasteiger partial charge in [0.05, 0.1) is 0 Å². The fourth-order valence-corrected chi connectivity index (χ4v) is 0. The molecule has 1 unspecified atom stereocenters. The van der Waals surface area contributed by atoms with Gasteiger partial charge in [-0.1, -0.05) is 0 Å². The van der Waals surface area contributed by atoms with E-state index in [1.807, 2.05) is 0 Å². The molecule has 1 atom stereocenters. The predicted octanol–water partition coefficient (Wildman–Crippen LogP) is -0.719. The van der Waals surface area contributed by atoms with E-state index in [0.717, 1.165) is 0 Å². The summed E-state index contributed by atoms with van der Waals surface area (Å²) in [6.07, 6.45) is 0. The van der Waals surface area contributed by atoms with Crippen LogP contribution in [0, 0.1) is 0 Å². The number of hydrogen-bond acceptors (Lipinski definition) is 2. The van der Waals surface area contributed by atoms with Crippen molar-refractivity contribution in [2.45, 2.75) is 11.4 Å². The number of nitrogens with two attached hydrogens (primary N) is 1. The first kappa shape index (κ1) is 5.61. The van der Waals surface area contributed by atoms with Gasteiger partial charge in [-0.05, 0) is 0 Å². The molecular formula is C2H7NOPt.